The van der Waals surface area contributed by atoms with Crippen LogP contribution in [-0.2, 0) is 6.42 Å². The van der Waals surface area contributed by atoms with Gasteiger partial charge in [-0.2, -0.15) is 18.4 Å². The third kappa shape index (κ3) is 5.50. The van der Waals surface area contributed by atoms with Crippen molar-refractivity contribution in [3.05, 3.63) is 35.5 Å². The highest BCUT2D eigenvalue weighted by molar-refractivity contribution is 5.63. The van der Waals surface area contributed by atoms with Crippen LogP contribution in [-0.4, -0.2) is 47.9 Å². The van der Waals surface area contributed by atoms with E-state index in [9.17, 15) is 8.78 Å². The summed E-state index contributed by atoms with van der Waals surface area (Å²) >= 11 is 0. The molecule has 2 aromatic heterocycles. The van der Waals surface area contributed by atoms with Crippen LogP contribution in [0.15, 0.2) is 18.2 Å². The van der Waals surface area contributed by atoms with Crippen molar-refractivity contribution in [3.63, 3.8) is 0 Å². The molecule has 4 rings (SSSR count). The molecular formula is C23H30F3N9O. The number of tetrazole rings is 1. The maximum Gasteiger partial charge on any atom is 0.387 e. The molecule has 0 saturated carbocycles. The second-order valence-corrected chi connectivity index (χ2v) is 10.2. The third-order valence-corrected chi connectivity index (χ3v) is 5.99. The fraction of sp³-hybridized carbons (Fsp3) is 0.522. The zero-order valence-electron chi connectivity index (χ0n) is 20.8. The summed E-state index contributed by atoms with van der Waals surface area (Å²) in [5.74, 6) is -0.680. The second kappa shape index (κ2) is 9.52. The van der Waals surface area contributed by atoms with Gasteiger partial charge < -0.3 is 21.1 Å². The average Bonchev–Trinajstić information content (AvgIpc) is 3.23. The molecule has 0 aliphatic carbocycles. The molecule has 1 aliphatic heterocycles. The number of nitrogen functional groups attached to an aromatic ring is 1. The summed E-state index contributed by atoms with van der Waals surface area (Å²) in [6.45, 7) is 7.06. The lowest BCUT2D eigenvalue weighted by Gasteiger charge is -2.46. The molecule has 1 saturated heterocycles. The van der Waals surface area contributed by atoms with E-state index in [0.717, 1.165) is 0 Å². The minimum atomic E-state index is -3.04. The number of ether oxygens (including phenoxy) is 1. The van der Waals surface area contributed by atoms with Crippen LogP contribution in [0.25, 0.3) is 5.69 Å². The number of aromatic nitrogens is 6. The molecule has 4 N–H and O–H groups in total. The van der Waals surface area contributed by atoms with Crippen LogP contribution >= 0.6 is 0 Å². The lowest BCUT2D eigenvalue weighted by atomic mass is 9.74. The molecule has 1 aromatic carbocycles. The summed E-state index contributed by atoms with van der Waals surface area (Å²) in [6.07, 6.45) is 1.78. The standard InChI is InChI=1S/C23H30F3N9O/c1-6-16-31-33-34-35(16)14-9-13(7-8-15(14)36-20(25)26)28-21-29-18(17(24)19(27)30-21)12-10-22(2,3)32-23(4,5)11-12/h7-9,12,20,32H,6,10-11H2,1-5H3,(H3,27,28,29,30). The summed E-state index contributed by atoms with van der Waals surface area (Å²) in [5.41, 5.74) is 6.31. The molecule has 1 fully saturated rings. The SMILES string of the molecule is CCc1nnnn1-c1cc(Nc2nc(N)c(F)c(C3CC(C)(C)NC(C)(C)C3)n2)ccc1OC(F)F. The van der Waals surface area contributed by atoms with Crippen molar-refractivity contribution in [2.24, 2.45) is 0 Å². The van der Waals surface area contributed by atoms with E-state index in [0.29, 0.717) is 30.8 Å². The first kappa shape index (κ1) is 25.6. The number of piperidine rings is 1. The summed E-state index contributed by atoms with van der Waals surface area (Å²) in [6, 6.07) is 4.39. The Kier molecular flexibility index (Phi) is 6.78. The fourth-order valence-electron chi connectivity index (χ4n) is 5.02. The molecule has 0 radical (unpaired) electrons. The quantitative estimate of drug-likeness (QED) is 0.434. The van der Waals surface area contributed by atoms with Crippen molar-refractivity contribution >= 4 is 17.5 Å². The Bertz CT molecular complexity index is 1230. The van der Waals surface area contributed by atoms with Gasteiger partial charge in [-0.3, -0.25) is 0 Å². The highest BCUT2D eigenvalue weighted by Gasteiger charge is 2.40. The van der Waals surface area contributed by atoms with Crippen LogP contribution < -0.4 is 21.1 Å². The Morgan fingerprint density at radius 3 is 2.53 bits per heavy atom. The first-order chi connectivity index (χ1) is 16.9. The molecule has 13 heteroatoms. The Morgan fingerprint density at radius 1 is 1.19 bits per heavy atom. The van der Waals surface area contributed by atoms with Crippen LogP contribution in [0.1, 0.15) is 64.9 Å². The molecule has 3 heterocycles. The average molecular weight is 506 g/mol. The van der Waals surface area contributed by atoms with E-state index in [1.807, 2.05) is 6.92 Å². The zero-order valence-corrected chi connectivity index (χ0v) is 20.8. The third-order valence-electron chi connectivity index (χ3n) is 5.99. The van der Waals surface area contributed by atoms with Gasteiger partial charge in [-0.15, -0.1) is 5.10 Å². The van der Waals surface area contributed by atoms with Crippen LogP contribution in [0.4, 0.5) is 30.6 Å². The molecule has 1 aliphatic rings. The number of hydrogen-bond donors (Lipinski definition) is 3. The summed E-state index contributed by atoms with van der Waals surface area (Å²) in [7, 11) is 0. The smallest absolute Gasteiger partial charge is 0.387 e. The van der Waals surface area contributed by atoms with Crippen molar-refractivity contribution < 1.29 is 17.9 Å². The Labute approximate surface area is 206 Å². The molecular weight excluding hydrogens is 475 g/mol. The van der Waals surface area contributed by atoms with E-state index in [1.165, 1.54) is 22.9 Å². The van der Waals surface area contributed by atoms with E-state index >= 15 is 4.39 Å². The van der Waals surface area contributed by atoms with Crippen molar-refractivity contribution in [1.82, 2.24) is 35.5 Å². The minimum Gasteiger partial charge on any atom is -0.433 e. The maximum absolute atomic E-state index is 15.1. The number of aryl methyl sites for hydroxylation is 1. The Morgan fingerprint density at radius 2 is 1.89 bits per heavy atom. The number of anilines is 3. The normalized spacial score (nSPS) is 17.4. The Balaban J connectivity index is 1.70. The van der Waals surface area contributed by atoms with Crippen LogP contribution in [0.3, 0.4) is 0 Å². The summed E-state index contributed by atoms with van der Waals surface area (Å²) in [4.78, 5) is 8.54. The molecule has 36 heavy (non-hydrogen) atoms. The van der Waals surface area contributed by atoms with Gasteiger partial charge in [0.05, 0.1) is 5.69 Å². The van der Waals surface area contributed by atoms with Crippen molar-refractivity contribution in [2.45, 2.75) is 77.5 Å². The molecule has 0 atom stereocenters. The number of halogens is 3. The molecule has 10 nitrogen and oxygen atoms in total. The lowest BCUT2D eigenvalue weighted by Crippen LogP contribution is -2.57. The number of nitrogens with zero attached hydrogens (tertiary/aromatic N) is 6. The first-order valence-corrected chi connectivity index (χ1v) is 11.6. The van der Waals surface area contributed by atoms with E-state index in [4.69, 9.17) is 5.73 Å². The molecule has 0 unspecified atom stereocenters. The van der Waals surface area contributed by atoms with Gasteiger partial charge in [0.15, 0.2) is 23.2 Å². The van der Waals surface area contributed by atoms with Gasteiger partial charge in [0.2, 0.25) is 5.95 Å². The number of nitrogens with two attached hydrogens (primary N) is 1. The van der Waals surface area contributed by atoms with Gasteiger partial charge in [-0.1, -0.05) is 6.92 Å². The highest BCUT2D eigenvalue weighted by Crippen LogP contribution is 2.40. The van der Waals surface area contributed by atoms with Crippen LogP contribution in [0.5, 0.6) is 5.75 Å². The molecule has 0 amide bonds. The van der Waals surface area contributed by atoms with Crippen molar-refractivity contribution in [2.75, 3.05) is 11.1 Å². The first-order valence-electron chi connectivity index (χ1n) is 11.6. The summed E-state index contributed by atoms with van der Waals surface area (Å²) < 4.78 is 47.1. The van der Waals surface area contributed by atoms with Crippen LogP contribution in [0.2, 0.25) is 0 Å². The molecule has 0 spiro atoms. The number of hydrogen-bond acceptors (Lipinski definition) is 9. The second-order valence-electron chi connectivity index (χ2n) is 10.2. The summed E-state index contributed by atoms with van der Waals surface area (Å²) in [5, 5.41) is 18.0. The Hall–Kier alpha value is -3.48. The predicted octanol–water partition coefficient (Wildman–Crippen LogP) is 4.11. The topological polar surface area (TPSA) is 129 Å². The molecule has 0 bridgehead atoms. The maximum atomic E-state index is 15.1. The fourth-order valence-corrected chi connectivity index (χ4v) is 5.02. The van der Waals surface area contributed by atoms with E-state index < -0.39 is 12.4 Å². The predicted molar refractivity (Wildman–Crippen MR) is 128 cm³/mol. The van der Waals surface area contributed by atoms with Gasteiger partial charge in [-0.25, -0.2) is 9.37 Å². The lowest BCUT2D eigenvalue weighted by molar-refractivity contribution is -0.0499. The van der Waals surface area contributed by atoms with Crippen molar-refractivity contribution in [3.8, 4) is 11.4 Å². The van der Waals surface area contributed by atoms with Gasteiger partial charge in [0, 0.05) is 29.1 Å². The van der Waals surface area contributed by atoms with Gasteiger partial charge in [0.25, 0.3) is 0 Å². The number of rotatable bonds is 7. The van der Waals surface area contributed by atoms with Gasteiger partial charge in [0.1, 0.15) is 5.69 Å². The minimum absolute atomic E-state index is 0.0824. The van der Waals surface area contributed by atoms with Gasteiger partial charge in [-0.05, 0) is 69.2 Å². The van der Waals surface area contributed by atoms with Crippen LogP contribution in [0, 0.1) is 5.82 Å². The number of benzene rings is 1. The zero-order chi connectivity index (χ0) is 26.3. The van der Waals surface area contributed by atoms with E-state index in [2.05, 4.69) is 68.6 Å². The highest BCUT2D eigenvalue weighted by atomic mass is 19.3. The largest absolute Gasteiger partial charge is 0.433 e. The van der Waals surface area contributed by atoms with Gasteiger partial charge >= 0.3 is 6.61 Å². The molecule has 194 valence electrons. The number of alkyl halides is 2. The van der Waals surface area contributed by atoms with E-state index in [1.54, 1.807) is 0 Å². The number of nitrogens with one attached hydrogen (secondary N) is 2. The van der Waals surface area contributed by atoms with E-state index in [-0.39, 0.29) is 45.9 Å². The molecule has 3 aromatic rings. The monoisotopic (exact) mass is 505 g/mol. The van der Waals surface area contributed by atoms with Crippen molar-refractivity contribution in [1.29, 1.82) is 0 Å².